The summed E-state index contributed by atoms with van der Waals surface area (Å²) in [6.07, 6.45) is 3.09. The lowest BCUT2D eigenvalue weighted by atomic mass is 10.2. The summed E-state index contributed by atoms with van der Waals surface area (Å²) in [5.41, 5.74) is 1.66. The third-order valence-corrected chi connectivity index (χ3v) is 1.89. The second-order valence-corrected chi connectivity index (χ2v) is 2.79. The molecule has 15 heavy (non-hydrogen) atoms. The van der Waals surface area contributed by atoms with Gasteiger partial charge < -0.3 is 5.32 Å². The molecule has 0 aliphatic carbocycles. The molecule has 2 N–H and O–H groups in total. The van der Waals surface area contributed by atoms with E-state index in [1.807, 2.05) is 6.07 Å². The summed E-state index contributed by atoms with van der Waals surface area (Å²) in [5, 5.41) is 18.3. The molecule has 0 unspecified atom stereocenters. The number of nitrogens with zero attached hydrogens (tertiary/aromatic N) is 4. The Morgan fingerprint density at radius 3 is 3.00 bits per heavy atom. The van der Waals surface area contributed by atoms with Crippen molar-refractivity contribution in [2.75, 3.05) is 12.4 Å². The van der Waals surface area contributed by atoms with Crippen LogP contribution in [0.25, 0.3) is 11.4 Å². The smallest absolute Gasteiger partial charge is 0.223 e. The molecule has 2 aromatic rings. The van der Waals surface area contributed by atoms with Crippen molar-refractivity contribution >= 4 is 5.95 Å². The molecule has 74 valence electrons. The quantitative estimate of drug-likeness (QED) is 0.747. The summed E-state index contributed by atoms with van der Waals surface area (Å²) < 4.78 is 0. The maximum atomic E-state index is 8.90. The zero-order valence-electron chi connectivity index (χ0n) is 8.02. The van der Waals surface area contributed by atoms with Crippen molar-refractivity contribution in [3.05, 3.63) is 24.0 Å². The molecule has 0 aromatic carbocycles. The van der Waals surface area contributed by atoms with E-state index in [1.54, 1.807) is 19.3 Å². The Balaban J connectivity index is 2.58. The fraction of sp³-hybridized carbons (Fsp3) is 0.111. The highest BCUT2D eigenvalue weighted by Crippen LogP contribution is 2.18. The molecular formula is C9H8N6. The van der Waals surface area contributed by atoms with Gasteiger partial charge in [0.25, 0.3) is 0 Å². The van der Waals surface area contributed by atoms with Crippen LogP contribution in [0.4, 0.5) is 5.95 Å². The Hall–Kier alpha value is -2.42. The second kappa shape index (κ2) is 3.75. The minimum Gasteiger partial charge on any atom is -0.357 e. The van der Waals surface area contributed by atoms with Crippen molar-refractivity contribution < 1.29 is 0 Å². The van der Waals surface area contributed by atoms with Crippen molar-refractivity contribution in [1.82, 2.24) is 20.2 Å². The van der Waals surface area contributed by atoms with Crippen LogP contribution in [-0.2, 0) is 0 Å². The average Bonchev–Trinajstić information content (AvgIpc) is 2.81. The fourth-order valence-electron chi connectivity index (χ4n) is 1.18. The monoisotopic (exact) mass is 200 g/mol. The maximum Gasteiger partial charge on any atom is 0.223 e. The SMILES string of the molecule is CNc1ncc(C#N)c(-c2ccn[nH]2)n1. The molecular weight excluding hydrogens is 192 g/mol. The van der Waals surface area contributed by atoms with Gasteiger partial charge in [-0.1, -0.05) is 0 Å². The van der Waals surface area contributed by atoms with E-state index in [0.29, 0.717) is 22.9 Å². The van der Waals surface area contributed by atoms with Crippen molar-refractivity contribution in [3.63, 3.8) is 0 Å². The first-order valence-corrected chi connectivity index (χ1v) is 4.30. The number of aromatic amines is 1. The highest BCUT2D eigenvalue weighted by Gasteiger charge is 2.09. The molecule has 6 nitrogen and oxygen atoms in total. The highest BCUT2D eigenvalue weighted by atomic mass is 15.1. The van der Waals surface area contributed by atoms with Crippen LogP contribution in [0.3, 0.4) is 0 Å². The number of aromatic nitrogens is 4. The average molecular weight is 200 g/mol. The number of nitriles is 1. The summed E-state index contributed by atoms with van der Waals surface area (Å²) in [5.74, 6) is 0.471. The number of rotatable bonds is 2. The summed E-state index contributed by atoms with van der Waals surface area (Å²) >= 11 is 0. The summed E-state index contributed by atoms with van der Waals surface area (Å²) in [6, 6.07) is 3.79. The number of hydrogen-bond donors (Lipinski definition) is 2. The first-order chi connectivity index (χ1) is 7.35. The number of nitrogens with one attached hydrogen (secondary N) is 2. The van der Waals surface area contributed by atoms with Crippen molar-refractivity contribution in [2.24, 2.45) is 0 Å². The van der Waals surface area contributed by atoms with Gasteiger partial charge in [-0.25, -0.2) is 9.97 Å². The lowest BCUT2D eigenvalue weighted by molar-refractivity contribution is 1.07. The Morgan fingerprint density at radius 2 is 2.40 bits per heavy atom. The Labute approximate surface area is 86.0 Å². The van der Waals surface area contributed by atoms with E-state index >= 15 is 0 Å². The van der Waals surface area contributed by atoms with E-state index in [1.165, 1.54) is 6.20 Å². The zero-order valence-corrected chi connectivity index (χ0v) is 8.02. The highest BCUT2D eigenvalue weighted by molar-refractivity contribution is 5.63. The number of anilines is 1. The van der Waals surface area contributed by atoms with Crippen molar-refractivity contribution in [2.45, 2.75) is 0 Å². The van der Waals surface area contributed by atoms with Crippen molar-refractivity contribution in [1.29, 1.82) is 5.26 Å². The molecule has 2 heterocycles. The topological polar surface area (TPSA) is 90.3 Å². The van der Waals surface area contributed by atoms with Gasteiger partial charge >= 0.3 is 0 Å². The third-order valence-electron chi connectivity index (χ3n) is 1.89. The molecule has 0 amide bonds. The minimum atomic E-state index is 0.415. The van der Waals surface area contributed by atoms with Gasteiger partial charge in [-0.05, 0) is 6.07 Å². The maximum absolute atomic E-state index is 8.90. The van der Waals surface area contributed by atoms with Gasteiger partial charge in [0.2, 0.25) is 5.95 Å². The first-order valence-electron chi connectivity index (χ1n) is 4.30. The Morgan fingerprint density at radius 1 is 1.53 bits per heavy atom. The molecule has 0 bridgehead atoms. The van der Waals surface area contributed by atoms with Crippen LogP contribution in [0.1, 0.15) is 5.56 Å². The Bertz CT molecular complexity index is 496. The molecule has 0 radical (unpaired) electrons. The van der Waals surface area contributed by atoms with Gasteiger partial charge in [0.15, 0.2) is 0 Å². The molecule has 0 aliphatic heterocycles. The Kier molecular flexibility index (Phi) is 2.29. The molecule has 0 aliphatic rings. The van der Waals surface area contributed by atoms with Gasteiger partial charge in [-0.15, -0.1) is 0 Å². The molecule has 0 fully saturated rings. The summed E-state index contributed by atoms with van der Waals surface area (Å²) in [7, 11) is 1.72. The molecule has 0 saturated heterocycles. The van der Waals surface area contributed by atoms with Crippen LogP contribution in [-0.4, -0.2) is 27.2 Å². The van der Waals surface area contributed by atoms with Gasteiger partial charge in [-0.3, -0.25) is 5.10 Å². The fourth-order valence-corrected chi connectivity index (χ4v) is 1.18. The summed E-state index contributed by atoms with van der Waals surface area (Å²) in [6.45, 7) is 0. The largest absolute Gasteiger partial charge is 0.357 e. The van der Waals surface area contributed by atoms with Gasteiger partial charge in [0.05, 0.1) is 17.5 Å². The standard InChI is InChI=1S/C9H8N6/c1-11-9-12-5-6(4-10)8(14-9)7-2-3-13-15-7/h2-3,5H,1H3,(H,13,15)(H,11,12,14). The van der Waals surface area contributed by atoms with E-state index in [2.05, 4.69) is 25.5 Å². The van der Waals surface area contributed by atoms with Gasteiger partial charge in [-0.2, -0.15) is 10.4 Å². The van der Waals surface area contributed by atoms with E-state index < -0.39 is 0 Å². The predicted molar refractivity (Wildman–Crippen MR) is 53.9 cm³/mol. The first kappa shape index (κ1) is 9.15. The molecule has 2 rings (SSSR count). The van der Waals surface area contributed by atoms with Crippen LogP contribution in [0.5, 0.6) is 0 Å². The van der Waals surface area contributed by atoms with Gasteiger partial charge in [0, 0.05) is 13.2 Å². The van der Waals surface area contributed by atoms with Crippen LogP contribution in [0.2, 0.25) is 0 Å². The van der Waals surface area contributed by atoms with Crippen molar-refractivity contribution in [3.8, 4) is 17.5 Å². The molecule has 0 atom stereocenters. The number of hydrogen-bond acceptors (Lipinski definition) is 5. The van der Waals surface area contributed by atoms with Gasteiger partial charge in [0.1, 0.15) is 11.8 Å². The zero-order chi connectivity index (χ0) is 10.7. The normalized spacial score (nSPS) is 9.60. The molecule has 6 heteroatoms. The lowest BCUT2D eigenvalue weighted by Gasteiger charge is -2.02. The van der Waals surface area contributed by atoms with Crippen LogP contribution in [0, 0.1) is 11.3 Å². The molecule has 0 saturated carbocycles. The second-order valence-electron chi connectivity index (χ2n) is 2.79. The van der Waals surface area contributed by atoms with Crippen LogP contribution < -0.4 is 5.32 Å². The lowest BCUT2D eigenvalue weighted by Crippen LogP contribution is -1.99. The van der Waals surface area contributed by atoms with E-state index in [4.69, 9.17) is 5.26 Å². The molecule has 2 aromatic heterocycles. The van der Waals surface area contributed by atoms with Crippen LogP contribution >= 0.6 is 0 Å². The van der Waals surface area contributed by atoms with E-state index in [-0.39, 0.29) is 0 Å². The third kappa shape index (κ3) is 1.62. The minimum absolute atomic E-state index is 0.415. The number of H-pyrrole nitrogens is 1. The van der Waals surface area contributed by atoms with E-state index in [0.717, 1.165) is 0 Å². The summed E-state index contributed by atoms with van der Waals surface area (Å²) in [4.78, 5) is 8.15. The van der Waals surface area contributed by atoms with Crippen LogP contribution in [0.15, 0.2) is 18.5 Å². The predicted octanol–water partition coefficient (Wildman–Crippen LogP) is 0.780. The van der Waals surface area contributed by atoms with E-state index in [9.17, 15) is 0 Å². The molecule has 0 spiro atoms.